The van der Waals surface area contributed by atoms with E-state index >= 15 is 0 Å². The molecular formula is C18H30F10O2Sn. The minimum atomic E-state index is -7.23. The van der Waals surface area contributed by atoms with Gasteiger partial charge in [-0.3, -0.25) is 0 Å². The molecule has 0 radical (unpaired) electrons. The van der Waals surface area contributed by atoms with Crippen molar-refractivity contribution in [2.75, 3.05) is 13.2 Å². The van der Waals surface area contributed by atoms with E-state index in [1.165, 1.54) is 0 Å². The van der Waals surface area contributed by atoms with E-state index < -0.39 is 78.3 Å². The maximum atomic E-state index is 15.0. The molecule has 188 valence electrons. The van der Waals surface area contributed by atoms with Crippen LogP contribution in [0.25, 0.3) is 0 Å². The number of unbranched alkanes of at least 4 members (excludes halogenated alkanes) is 4. The fraction of sp³-hybridized carbons (Fsp3) is 1.00. The number of halogens is 10. The van der Waals surface area contributed by atoms with Crippen molar-refractivity contribution in [1.29, 1.82) is 0 Å². The first-order chi connectivity index (χ1) is 14.0. The molecule has 0 aromatic heterocycles. The molecule has 0 spiro atoms. The van der Waals surface area contributed by atoms with Crippen LogP contribution in [0.15, 0.2) is 0 Å². The summed E-state index contributed by atoms with van der Waals surface area (Å²) in [7, 11) is 0. The average Bonchev–Trinajstić information content (AvgIpc) is 2.62. The standard InChI is InChI=1S/2C5H11O.2C4H4F5.Sn/c2*1-2-3-4-5-6;2*5-3(6)1-2-4(7,8)9;/h2*2-5H2,1H3;2*1-2H2;/q2*-1;;;+2. The SMILES string of the molecule is CCCCC[O][Sn]([O]CCCCC)([C](F)(F)CCC(F)(F)F)[C](F)(F)CCC(F)(F)F. The first-order valence-electron chi connectivity index (χ1n) is 10.2. The summed E-state index contributed by atoms with van der Waals surface area (Å²) in [6.07, 6.45) is -16.3. The molecule has 0 heterocycles. The molecule has 0 rings (SSSR count). The molecule has 0 saturated carbocycles. The molecule has 13 heteroatoms. The molecule has 0 amide bonds. The van der Waals surface area contributed by atoms with Crippen molar-refractivity contribution >= 4 is 19.2 Å². The van der Waals surface area contributed by atoms with Crippen molar-refractivity contribution in [3.05, 3.63) is 0 Å². The van der Waals surface area contributed by atoms with Gasteiger partial charge in [-0.25, -0.2) is 0 Å². The van der Waals surface area contributed by atoms with Gasteiger partial charge in [0, 0.05) is 0 Å². The molecule has 0 saturated heterocycles. The van der Waals surface area contributed by atoms with E-state index in [0.717, 1.165) is 0 Å². The molecule has 0 aliphatic heterocycles. The van der Waals surface area contributed by atoms with Crippen molar-refractivity contribution in [2.24, 2.45) is 0 Å². The van der Waals surface area contributed by atoms with Crippen molar-refractivity contribution in [2.45, 2.75) is 98.3 Å². The zero-order chi connectivity index (χ0) is 24.4. The van der Waals surface area contributed by atoms with Crippen LogP contribution in [0, 0.1) is 0 Å². The van der Waals surface area contributed by atoms with Gasteiger partial charge < -0.3 is 0 Å². The Morgan fingerprint density at radius 1 is 0.516 bits per heavy atom. The van der Waals surface area contributed by atoms with Gasteiger partial charge in [0.15, 0.2) is 0 Å². The molecule has 0 atom stereocenters. The second-order valence-electron chi connectivity index (χ2n) is 7.37. The van der Waals surface area contributed by atoms with Crippen LogP contribution in [0.1, 0.15) is 78.1 Å². The minimum absolute atomic E-state index is 0.0538. The molecule has 2 nitrogen and oxygen atoms in total. The molecule has 0 aromatic carbocycles. The van der Waals surface area contributed by atoms with Gasteiger partial charge in [0.1, 0.15) is 0 Å². The molecule has 0 aliphatic rings. The second-order valence-corrected chi connectivity index (χ2v) is 16.7. The van der Waals surface area contributed by atoms with Gasteiger partial charge in [-0.15, -0.1) is 0 Å². The molecule has 31 heavy (non-hydrogen) atoms. The Labute approximate surface area is 181 Å². The normalized spacial score (nSPS) is 14.3. The summed E-state index contributed by atoms with van der Waals surface area (Å²) in [6, 6.07) is 0. The number of hydrogen-bond donors (Lipinski definition) is 0. The summed E-state index contributed by atoms with van der Waals surface area (Å²) in [6.45, 7) is 2.18. The van der Waals surface area contributed by atoms with E-state index in [1.807, 2.05) is 0 Å². The topological polar surface area (TPSA) is 18.5 Å². The quantitative estimate of drug-likeness (QED) is 0.104. The van der Waals surface area contributed by atoms with Crippen LogP contribution >= 0.6 is 0 Å². The third kappa shape index (κ3) is 11.1. The zero-order valence-electron chi connectivity index (χ0n) is 17.6. The van der Waals surface area contributed by atoms with E-state index in [-0.39, 0.29) is 12.8 Å². The van der Waals surface area contributed by atoms with Gasteiger partial charge in [-0.05, 0) is 0 Å². The van der Waals surface area contributed by atoms with Crippen LogP contribution in [0.4, 0.5) is 43.9 Å². The fourth-order valence-electron chi connectivity index (χ4n) is 2.79. The summed E-state index contributed by atoms with van der Waals surface area (Å²) in [5, 5.41) is 0. The molecular weight excluding hydrogens is 557 g/mol. The van der Waals surface area contributed by atoms with Crippen LogP contribution < -0.4 is 0 Å². The summed E-state index contributed by atoms with van der Waals surface area (Å²) < 4.78 is 136. The molecule has 0 N–H and O–H groups in total. The Kier molecular flexibility index (Phi) is 13.1. The van der Waals surface area contributed by atoms with E-state index in [0.29, 0.717) is 25.7 Å². The Morgan fingerprint density at radius 2 is 0.839 bits per heavy atom. The third-order valence-electron chi connectivity index (χ3n) is 4.51. The molecule has 0 fully saturated rings. The van der Waals surface area contributed by atoms with Crippen LogP contribution in [0.2, 0.25) is 0 Å². The van der Waals surface area contributed by atoms with Gasteiger partial charge >= 0.3 is 181 Å². The molecule has 0 aliphatic carbocycles. The Morgan fingerprint density at radius 3 is 1.10 bits per heavy atom. The first-order valence-corrected chi connectivity index (χ1v) is 15.4. The van der Waals surface area contributed by atoms with E-state index in [2.05, 4.69) is 0 Å². The fourth-order valence-corrected chi connectivity index (χ4v) is 12.0. The van der Waals surface area contributed by atoms with Crippen LogP contribution in [0.3, 0.4) is 0 Å². The van der Waals surface area contributed by atoms with E-state index in [1.54, 1.807) is 13.8 Å². The third-order valence-corrected chi connectivity index (χ3v) is 14.9. The van der Waals surface area contributed by atoms with Crippen molar-refractivity contribution in [3.8, 4) is 0 Å². The van der Waals surface area contributed by atoms with Crippen molar-refractivity contribution in [1.82, 2.24) is 0 Å². The number of rotatable bonds is 16. The molecule has 0 bridgehead atoms. The Balaban J connectivity index is 6.05. The zero-order valence-corrected chi connectivity index (χ0v) is 20.4. The van der Waals surface area contributed by atoms with Gasteiger partial charge in [0.2, 0.25) is 0 Å². The molecule has 0 unspecified atom stereocenters. The predicted molar refractivity (Wildman–Crippen MR) is 97.2 cm³/mol. The van der Waals surface area contributed by atoms with E-state index in [4.69, 9.17) is 6.15 Å². The van der Waals surface area contributed by atoms with Gasteiger partial charge in [0.25, 0.3) is 0 Å². The second kappa shape index (κ2) is 13.0. The van der Waals surface area contributed by atoms with Gasteiger partial charge in [-0.1, -0.05) is 0 Å². The Hall–Kier alpha value is 0.0187. The number of alkyl halides is 10. The number of hydrogen-bond acceptors (Lipinski definition) is 2. The first kappa shape index (κ1) is 31.0. The van der Waals surface area contributed by atoms with Crippen molar-refractivity contribution < 1.29 is 50.1 Å². The average molecular weight is 587 g/mol. The monoisotopic (exact) mass is 588 g/mol. The summed E-state index contributed by atoms with van der Waals surface area (Å²) in [4.78, 5) is 0. The summed E-state index contributed by atoms with van der Waals surface area (Å²) in [5.41, 5.74) is 0. The van der Waals surface area contributed by atoms with Gasteiger partial charge in [-0.2, -0.15) is 0 Å². The van der Waals surface area contributed by atoms with Crippen LogP contribution in [-0.4, -0.2) is 52.6 Å². The Bertz CT molecular complexity index is 451. The van der Waals surface area contributed by atoms with Gasteiger partial charge in [0.05, 0.1) is 0 Å². The van der Waals surface area contributed by atoms with Crippen LogP contribution in [-0.2, 0) is 6.15 Å². The maximum absolute atomic E-state index is 15.0. The molecule has 0 aromatic rings. The summed E-state index contributed by atoms with van der Waals surface area (Å²) >= 11 is -7.23. The van der Waals surface area contributed by atoms with Crippen LogP contribution in [0.5, 0.6) is 0 Å². The van der Waals surface area contributed by atoms with Crippen molar-refractivity contribution in [3.63, 3.8) is 0 Å². The summed E-state index contributed by atoms with van der Waals surface area (Å²) in [5.74, 6) is 0. The van der Waals surface area contributed by atoms with E-state index in [9.17, 15) is 43.9 Å². The predicted octanol–water partition coefficient (Wildman–Crippen LogP) is 7.88.